The van der Waals surface area contributed by atoms with Crippen LogP contribution in [0.15, 0.2) is 30.3 Å². The van der Waals surface area contributed by atoms with Crippen LogP contribution >= 0.6 is 0 Å². The molecule has 0 aliphatic carbocycles. The van der Waals surface area contributed by atoms with Gasteiger partial charge >= 0.3 is 0 Å². The molecule has 5 atom stereocenters. The monoisotopic (exact) mass is 336 g/mol. The minimum Gasteiger partial charge on any atom is -0.387 e. The summed E-state index contributed by atoms with van der Waals surface area (Å²) in [6.07, 6.45) is -0.536. The quantitative estimate of drug-likeness (QED) is 0.865. The maximum atomic E-state index is 10.9. The molecule has 0 spiro atoms. The predicted molar refractivity (Wildman–Crippen MR) is 89.2 cm³/mol. The van der Waals surface area contributed by atoms with Gasteiger partial charge in [-0.3, -0.25) is 0 Å². The van der Waals surface area contributed by atoms with Crippen LogP contribution in [0.4, 0.5) is 0 Å². The Labute approximate surface area is 143 Å². The minimum atomic E-state index is -0.810. The van der Waals surface area contributed by atoms with Gasteiger partial charge in [0.25, 0.3) is 0 Å². The second kappa shape index (κ2) is 6.73. The second-order valence-electron chi connectivity index (χ2n) is 7.18. The Morgan fingerprint density at radius 3 is 2.50 bits per heavy atom. The van der Waals surface area contributed by atoms with E-state index >= 15 is 0 Å². The fraction of sp³-hybridized carbons (Fsp3) is 0.684. The van der Waals surface area contributed by atoms with Gasteiger partial charge in [-0.25, -0.2) is 0 Å². The van der Waals surface area contributed by atoms with Crippen molar-refractivity contribution in [2.24, 2.45) is 0 Å². The number of fused-ring (bicyclic) bond motifs is 1. The number of hydrogen-bond acceptors (Lipinski definition) is 5. The van der Waals surface area contributed by atoms with E-state index in [0.29, 0.717) is 13.0 Å². The van der Waals surface area contributed by atoms with E-state index in [2.05, 4.69) is 6.92 Å². The van der Waals surface area contributed by atoms with Crippen LogP contribution in [0, 0.1) is 0 Å². The Bertz CT molecular complexity index is 546. The molecule has 2 fully saturated rings. The zero-order valence-electron chi connectivity index (χ0n) is 14.9. The highest BCUT2D eigenvalue weighted by atomic mass is 16.8. The molecule has 3 rings (SSSR count). The molecule has 5 heteroatoms. The van der Waals surface area contributed by atoms with Crippen LogP contribution in [-0.2, 0) is 25.6 Å². The van der Waals surface area contributed by atoms with E-state index in [0.717, 1.165) is 12.0 Å². The molecule has 1 N–H and O–H groups in total. The van der Waals surface area contributed by atoms with Crippen molar-refractivity contribution in [1.82, 2.24) is 0 Å². The summed E-state index contributed by atoms with van der Waals surface area (Å²) in [4.78, 5) is 0. The van der Waals surface area contributed by atoms with Gasteiger partial charge in [-0.15, -0.1) is 0 Å². The number of ether oxygens (including phenoxy) is 4. The third-order valence-electron chi connectivity index (χ3n) is 4.91. The van der Waals surface area contributed by atoms with Crippen molar-refractivity contribution < 1.29 is 24.1 Å². The second-order valence-corrected chi connectivity index (χ2v) is 7.18. The number of aliphatic hydroxyl groups is 1. The van der Waals surface area contributed by atoms with Crippen LogP contribution in [0.1, 0.15) is 46.1 Å². The van der Waals surface area contributed by atoms with Gasteiger partial charge in [0.1, 0.15) is 17.8 Å². The van der Waals surface area contributed by atoms with E-state index in [4.69, 9.17) is 18.9 Å². The highest BCUT2D eigenvalue weighted by molar-refractivity contribution is 5.14. The van der Waals surface area contributed by atoms with E-state index < -0.39 is 29.9 Å². The van der Waals surface area contributed by atoms with Gasteiger partial charge in [-0.1, -0.05) is 43.7 Å². The van der Waals surface area contributed by atoms with Crippen molar-refractivity contribution in [3.63, 3.8) is 0 Å². The van der Waals surface area contributed by atoms with Gasteiger partial charge in [-0.2, -0.15) is 0 Å². The first kappa shape index (κ1) is 17.8. The molecule has 24 heavy (non-hydrogen) atoms. The maximum Gasteiger partial charge on any atom is 0.190 e. The average Bonchev–Trinajstić information content (AvgIpc) is 2.98. The zero-order valence-corrected chi connectivity index (χ0v) is 14.9. The average molecular weight is 336 g/mol. The summed E-state index contributed by atoms with van der Waals surface area (Å²) in [5.41, 5.74) is 0.285. The summed E-state index contributed by atoms with van der Waals surface area (Å²) in [6, 6.07) is 10.00. The summed E-state index contributed by atoms with van der Waals surface area (Å²) < 4.78 is 23.9. The molecule has 5 nitrogen and oxygen atoms in total. The lowest BCUT2D eigenvalue weighted by Gasteiger charge is -2.38. The first-order valence-electron chi connectivity index (χ1n) is 8.75. The molecule has 0 saturated carbocycles. The molecule has 0 aromatic heterocycles. The van der Waals surface area contributed by atoms with E-state index in [1.54, 1.807) is 0 Å². The van der Waals surface area contributed by atoms with Crippen molar-refractivity contribution in [2.75, 3.05) is 0 Å². The SMILES string of the molecule is CCCC1(C(C)OCc2ccccc2)OC2OC(C)(C)OC2C1O. The van der Waals surface area contributed by atoms with Crippen molar-refractivity contribution in [2.45, 2.75) is 83.1 Å². The Balaban J connectivity index is 1.72. The molecule has 1 aromatic carbocycles. The number of rotatable bonds is 6. The predicted octanol–water partition coefficient (Wildman–Crippen LogP) is 3.00. The molecular formula is C19H28O5. The molecule has 0 amide bonds. The van der Waals surface area contributed by atoms with Crippen LogP contribution < -0.4 is 0 Å². The van der Waals surface area contributed by atoms with Gasteiger partial charge in [0, 0.05) is 0 Å². The molecule has 0 bridgehead atoms. The molecule has 0 radical (unpaired) electrons. The molecule has 2 aliphatic rings. The summed E-state index contributed by atoms with van der Waals surface area (Å²) in [7, 11) is 0. The van der Waals surface area contributed by atoms with Crippen LogP contribution in [0.5, 0.6) is 0 Å². The zero-order chi connectivity index (χ0) is 17.4. The van der Waals surface area contributed by atoms with Gasteiger partial charge < -0.3 is 24.1 Å². The minimum absolute atomic E-state index is 0.284. The number of hydrogen-bond donors (Lipinski definition) is 1. The van der Waals surface area contributed by atoms with Crippen molar-refractivity contribution in [3.05, 3.63) is 35.9 Å². The fourth-order valence-corrected chi connectivity index (χ4v) is 3.70. The lowest BCUT2D eigenvalue weighted by atomic mass is 9.85. The van der Waals surface area contributed by atoms with E-state index in [-0.39, 0.29) is 6.10 Å². The van der Waals surface area contributed by atoms with E-state index in [1.807, 2.05) is 51.1 Å². The number of aliphatic hydroxyl groups excluding tert-OH is 1. The first-order chi connectivity index (χ1) is 11.4. The van der Waals surface area contributed by atoms with Crippen LogP contribution in [0.3, 0.4) is 0 Å². The Kier molecular flexibility index (Phi) is 5.00. The standard InChI is InChI=1S/C19H28O5/c1-5-11-19(13(2)21-12-14-9-7-6-8-10-14)16(20)15-17(24-19)23-18(3,4)22-15/h6-10,13,15-17,20H,5,11-12H2,1-4H3. The summed E-state index contributed by atoms with van der Waals surface area (Å²) in [5.74, 6) is -0.733. The maximum absolute atomic E-state index is 10.9. The Morgan fingerprint density at radius 2 is 1.88 bits per heavy atom. The highest BCUT2D eigenvalue weighted by Gasteiger charge is 2.63. The first-order valence-corrected chi connectivity index (χ1v) is 8.75. The highest BCUT2D eigenvalue weighted by Crippen LogP contribution is 2.46. The summed E-state index contributed by atoms with van der Waals surface area (Å²) in [6.45, 7) is 8.16. The van der Waals surface area contributed by atoms with Gasteiger partial charge in [0.15, 0.2) is 12.1 Å². The molecule has 5 unspecified atom stereocenters. The van der Waals surface area contributed by atoms with Crippen molar-refractivity contribution >= 4 is 0 Å². The Morgan fingerprint density at radius 1 is 1.17 bits per heavy atom. The summed E-state index contributed by atoms with van der Waals surface area (Å²) >= 11 is 0. The molecule has 2 aliphatic heterocycles. The lowest BCUT2D eigenvalue weighted by molar-refractivity contribution is -0.263. The van der Waals surface area contributed by atoms with Crippen LogP contribution in [0.2, 0.25) is 0 Å². The number of benzene rings is 1. The van der Waals surface area contributed by atoms with Gasteiger partial charge in [0.2, 0.25) is 0 Å². The van der Waals surface area contributed by atoms with E-state index in [1.165, 1.54) is 0 Å². The third kappa shape index (κ3) is 3.24. The van der Waals surface area contributed by atoms with Gasteiger partial charge in [0.05, 0.1) is 12.7 Å². The normalized spacial score (nSPS) is 35.8. The molecular weight excluding hydrogens is 308 g/mol. The molecule has 2 heterocycles. The smallest absolute Gasteiger partial charge is 0.190 e. The molecule has 1 aromatic rings. The van der Waals surface area contributed by atoms with E-state index in [9.17, 15) is 5.11 Å². The van der Waals surface area contributed by atoms with Crippen LogP contribution in [0.25, 0.3) is 0 Å². The molecule has 2 saturated heterocycles. The lowest BCUT2D eigenvalue weighted by Crippen LogP contribution is -2.53. The largest absolute Gasteiger partial charge is 0.387 e. The topological polar surface area (TPSA) is 57.2 Å². The third-order valence-corrected chi connectivity index (χ3v) is 4.91. The fourth-order valence-electron chi connectivity index (χ4n) is 3.70. The van der Waals surface area contributed by atoms with Crippen molar-refractivity contribution in [1.29, 1.82) is 0 Å². The van der Waals surface area contributed by atoms with Gasteiger partial charge in [-0.05, 0) is 32.8 Å². The Hall–Kier alpha value is -0.980. The van der Waals surface area contributed by atoms with Crippen LogP contribution in [-0.4, -0.2) is 41.1 Å². The summed E-state index contributed by atoms with van der Waals surface area (Å²) in [5, 5.41) is 10.9. The molecule has 134 valence electrons. The van der Waals surface area contributed by atoms with Crippen molar-refractivity contribution in [3.8, 4) is 0 Å².